The summed E-state index contributed by atoms with van der Waals surface area (Å²) in [6.07, 6.45) is 0. The minimum absolute atomic E-state index is 0.159. The monoisotopic (exact) mass is 488 g/mol. The van der Waals surface area contributed by atoms with E-state index in [0.717, 1.165) is 0 Å². The lowest BCUT2D eigenvalue weighted by atomic mass is 10.0. The van der Waals surface area contributed by atoms with Gasteiger partial charge in [-0.15, -0.1) is 0 Å². The first-order valence-electron chi connectivity index (χ1n) is 9.92. The molecule has 0 radical (unpaired) electrons. The molecule has 31 heavy (non-hydrogen) atoms. The zero-order chi connectivity index (χ0) is 23.0. The van der Waals surface area contributed by atoms with Crippen LogP contribution >= 0.6 is 15.9 Å². The van der Waals surface area contributed by atoms with Crippen LogP contribution in [0.2, 0.25) is 0 Å². The van der Waals surface area contributed by atoms with Gasteiger partial charge in [-0.2, -0.15) is 5.26 Å². The van der Waals surface area contributed by atoms with Gasteiger partial charge in [0.15, 0.2) is 11.5 Å². The normalized spacial score (nSPS) is 11.4. The van der Waals surface area contributed by atoms with Crippen LogP contribution in [0.1, 0.15) is 43.6 Å². The van der Waals surface area contributed by atoms with Crippen LogP contribution in [-0.4, -0.2) is 31.1 Å². The van der Waals surface area contributed by atoms with Crippen LogP contribution in [-0.2, 0) is 4.79 Å². The van der Waals surface area contributed by atoms with Gasteiger partial charge in [-0.25, -0.2) is 4.79 Å². The van der Waals surface area contributed by atoms with Crippen molar-refractivity contribution >= 4 is 27.8 Å². The maximum atomic E-state index is 12.9. The molecule has 0 bridgehead atoms. The maximum absolute atomic E-state index is 12.9. The highest BCUT2D eigenvalue weighted by molar-refractivity contribution is 9.10. The molecule has 7 nitrogen and oxygen atoms in total. The number of ether oxygens (including phenoxy) is 3. The van der Waals surface area contributed by atoms with Crippen molar-refractivity contribution in [1.29, 1.82) is 5.26 Å². The molecule has 2 rings (SSSR count). The van der Waals surface area contributed by atoms with E-state index in [1.54, 1.807) is 31.2 Å². The second kappa shape index (κ2) is 11.4. The smallest absolute Gasteiger partial charge is 0.334 e. The fourth-order valence-corrected chi connectivity index (χ4v) is 3.27. The van der Waals surface area contributed by atoms with Gasteiger partial charge in [-0.1, -0.05) is 13.8 Å². The van der Waals surface area contributed by atoms with Crippen molar-refractivity contribution in [3.8, 4) is 23.3 Å². The zero-order valence-corrected chi connectivity index (χ0v) is 19.5. The number of halogens is 1. The second-order valence-electron chi connectivity index (χ2n) is 6.90. The summed E-state index contributed by atoms with van der Waals surface area (Å²) in [6.45, 7) is 8.13. The number of carbonyl (C=O) groups excluding carboxylic acids is 2. The molecule has 8 heteroatoms. The standard InChI is InChI=1S/C23H25BrN2O5/c1-5-29-17-9-7-16(8-10-17)22(27)26-20(14(3)4)23(28)31-21-18(24)11-15(13-25)12-19(21)30-6-2/h7-12,14,20H,5-6H2,1-4H3,(H,26,27)/t20-/m0/s1. The highest BCUT2D eigenvalue weighted by Gasteiger charge is 2.28. The van der Waals surface area contributed by atoms with Crippen molar-refractivity contribution < 1.29 is 23.8 Å². The van der Waals surface area contributed by atoms with Gasteiger partial charge in [0, 0.05) is 11.6 Å². The summed E-state index contributed by atoms with van der Waals surface area (Å²) >= 11 is 3.32. The van der Waals surface area contributed by atoms with Crippen molar-refractivity contribution in [2.45, 2.75) is 33.7 Å². The van der Waals surface area contributed by atoms with Crippen LogP contribution in [0.25, 0.3) is 0 Å². The van der Waals surface area contributed by atoms with E-state index in [0.29, 0.717) is 34.6 Å². The summed E-state index contributed by atoms with van der Waals surface area (Å²) in [5.74, 6) is -0.183. The van der Waals surface area contributed by atoms with Gasteiger partial charge in [-0.05, 0) is 66.0 Å². The minimum atomic E-state index is -0.893. The van der Waals surface area contributed by atoms with Gasteiger partial charge in [0.1, 0.15) is 11.8 Å². The first-order valence-corrected chi connectivity index (χ1v) is 10.7. The Balaban J connectivity index is 2.21. The Labute approximate surface area is 190 Å². The van der Waals surface area contributed by atoms with Gasteiger partial charge in [-0.3, -0.25) is 4.79 Å². The third-order valence-corrected chi connectivity index (χ3v) is 4.86. The number of esters is 1. The zero-order valence-electron chi connectivity index (χ0n) is 17.9. The summed E-state index contributed by atoms with van der Waals surface area (Å²) in [5.41, 5.74) is 0.760. The van der Waals surface area contributed by atoms with Gasteiger partial charge < -0.3 is 19.5 Å². The Hall–Kier alpha value is -3.05. The lowest BCUT2D eigenvalue weighted by Gasteiger charge is -2.22. The third-order valence-electron chi connectivity index (χ3n) is 4.28. The van der Waals surface area contributed by atoms with E-state index in [9.17, 15) is 9.59 Å². The molecule has 0 unspecified atom stereocenters. The number of rotatable bonds is 9. The number of nitriles is 1. The lowest BCUT2D eigenvalue weighted by molar-refractivity contribution is -0.137. The third kappa shape index (κ3) is 6.46. The van der Waals surface area contributed by atoms with Crippen molar-refractivity contribution in [2.24, 2.45) is 5.92 Å². The van der Waals surface area contributed by atoms with Crippen molar-refractivity contribution in [2.75, 3.05) is 13.2 Å². The Kier molecular flexibility index (Phi) is 8.88. The molecular formula is C23H25BrN2O5. The predicted molar refractivity (Wildman–Crippen MR) is 119 cm³/mol. The van der Waals surface area contributed by atoms with E-state index >= 15 is 0 Å². The van der Waals surface area contributed by atoms with Crippen LogP contribution in [0.5, 0.6) is 17.2 Å². The predicted octanol–water partition coefficient (Wildman–Crippen LogP) is 4.48. The van der Waals surface area contributed by atoms with E-state index in [2.05, 4.69) is 21.2 Å². The minimum Gasteiger partial charge on any atom is -0.494 e. The second-order valence-corrected chi connectivity index (χ2v) is 7.76. The SMILES string of the molecule is CCOc1ccc(C(=O)N[C@H](C(=O)Oc2c(Br)cc(C#N)cc2OCC)C(C)C)cc1. The first kappa shape index (κ1) is 24.2. The van der Waals surface area contributed by atoms with E-state index < -0.39 is 17.9 Å². The van der Waals surface area contributed by atoms with E-state index in [1.807, 2.05) is 26.8 Å². The lowest BCUT2D eigenvalue weighted by Crippen LogP contribution is -2.46. The van der Waals surface area contributed by atoms with Crippen LogP contribution < -0.4 is 19.5 Å². The first-order chi connectivity index (χ1) is 14.8. The summed E-state index contributed by atoms with van der Waals surface area (Å²) < 4.78 is 16.9. The number of hydrogen-bond acceptors (Lipinski definition) is 6. The van der Waals surface area contributed by atoms with Crippen LogP contribution in [0.4, 0.5) is 0 Å². The maximum Gasteiger partial charge on any atom is 0.334 e. The number of hydrogen-bond donors (Lipinski definition) is 1. The van der Waals surface area contributed by atoms with Crippen molar-refractivity contribution in [1.82, 2.24) is 5.32 Å². The molecule has 0 aromatic heterocycles. The summed E-state index contributed by atoms with van der Waals surface area (Å²) in [7, 11) is 0. The molecule has 0 aliphatic rings. The number of nitrogens with one attached hydrogen (secondary N) is 1. The van der Waals surface area contributed by atoms with E-state index in [4.69, 9.17) is 19.5 Å². The Morgan fingerprint density at radius 3 is 2.29 bits per heavy atom. The number of nitrogens with zero attached hydrogens (tertiary/aromatic N) is 1. The molecule has 0 saturated heterocycles. The highest BCUT2D eigenvalue weighted by atomic mass is 79.9. The summed E-state index contributed by atoms with van der Waals surface area (Å²) in [5, 5.41) is 11.9. The van der Waals surface area contributed by atoms with Gasteiger partial charge in [0.05, 0.1) is 29.3 Å². The Bertz CT molecular complexity index is 967. The number of benzene rings is 2. The van der Waals surface area contributed by atoms with Crippen LogP contribution in [0, 0.1) is 17.2 Å². The molecule has 0 spiro atoms. The van der Waals surface area contributed by atoms with E-state index in [1.165, 1.54) is 12.1 Å². The van der Waals surface area contributed by atoms with Crippen molar-refractivity contribution in [3.05, 3.63) is 52.0 Å². The van der Waals surface area contributed by atoms with Gasteiger partial charge >= 0.3 is 5.97 Å². The van der Waals surface area contributed by atoms with Crippen LogP contribution in [0.3, 0.4) is 0 Å². The molecule has 0 aliphatic carbocycles. The Morgan fingerprint density at radius 1 is 1.10 bits per heavy atom. The fourth-order valence-electron chi connectivity index (χ4n) is 2.75. The van der Waals surface area contributed by atoms with E-state index in [-0.39, 0.29) is 17.4 Å². The Morgan fingerprint density at radius 2 is 1.74 bits per heavy atom. The van der Waals surface area contributed by atoms with Gasteiger partial charge in [0.25, 0.3) is 5.91 Å². The fraction of sp³-hybridized carbons (Fsp3) is 0.348. The molecule has 1 atom stereocenters. The molecule has 164 valence electrons. The topological polar surface area (TPSA) is 97.6 Å². The average Bonchev–Trinajstić information content (AvgIpc) is 2.74. The van der Waals surface area contributed by atoms with Crippen LogP contribution in [0.15, 0.2) is 40.9 Å². The molecular weight excluding hydrogens is 464 g/mol. The molecule has 2 aromatic carbocycles. The summed E-state index contributed by atoms with van der Waals surface area (Å²) in [6, 6.07) is 10.8. The number of amides is 1. The highest BCUT2D eigenvalue weighted by Crippen LogP contribution is 2.37. The molecule has 0 heterocycles. The molecule has 1 amide bonds. The average molecular weight is 489 g/mol. The molecule has 0 fully saturated rings. The van der Waals surface area contributed by atoms with Crippen molar-refractivity contribution in [3.63, 3.8) is 0 Å². The quantitative estimate of drug-likeness (QED) is 0.412. The van der Waals surface area contributed by atoms with Gasteiger partial charge in [0.2, 0.25) is 0 Å². The molecule has 0 saturated carbocycles. The molecule has 2 aromatic rings. The largest absolute Gasteiger partial charge is 0.494 e. The molecule has 0 aliphatic heterocycles. The molecule has 1 N–H and O–H groups in total. The summed E-state index contributed by atoms with van der Waals surface area (Å²) in [4.78, 5) is 25.6. The number of carbonyl (C=O) groups is 2.